The van der Waals surface area contributed by atoms with Crippen molar-refractivity contribution in [3.63, 3.8) is 0 Å². The summed E-state index contributed by atoms with van der Waals surface area (Å²) < 4.78 is 16.4. The SMILES string of the molecule is O=C(O)c1cccc(N2CCC(Oc3ccc4c(c3)OCO4)C2=O)c1. The first-order valence-electron chi connectivity index (χ1n) is 7.83. The largest absolute Gasteiger partial charge is 0.480 e. The Bertz CT molecular complexity index is 849. The lowest BCUT2D eigenvalue weighted by molar-refractivity contribution is -0.122. The molecular formula is C18H15NO6. The van der Waals surface area contributed by atoms with Gasteiger partial charge in [-0.05, 0) is 30.3 Å². The summed E-state index contributed by atoms with van der Waals surface area (Å²) in [7, 11) is 0. The van der Waals surface area contributed by atoms with Crippen LogP contribution in [0.5, 0.6) is 17.2 Å². The highest BCUT2D eigenvalue weighted by molar-refractivity contribution is 6.00. The topological polar surface area (TPSA) is 85.3 Å². The third kappa shape index (κ3) is 2.84. The van der Waals surface area contributed by atoms with Crippen molar-refractivity contribution < 1.29 is 28.9 Å². The number of rotatable bonds is 4. The highest BCUT2D eigenvalue weighted by Gasteiger charge is 2.34. The molecule has 0 bridgehead atoms. The van der Waals surface area contributed by atoms with Crippen LogP contribution >= 0.6 is 0 Å². The van der Waals surface area contributed by atoms with Crippen molar-refractivity contribution in [2.24, 2.45) is 0 Å². The van der Waals surface area contributed by atoms with Crippen molar-refractivity contribution in [2.45, 2.75) is 12.5 Å². The van der Waals surface area contributed by atoms with Crippen LogP contribution in [0, 0.1) is 0 Å². The van der Waals surface area contributed by atoms with Crippen molar-refractivity contribution >= 4 is 17.6 Å². The highest BCUT2D eigenvalue weighted by atomic mass is 16.7. The lowest BCUT2D eigenvalue weighted by Crippen LogP contribution is -2.32. The molecule has 1 unspecified atom stereocenters. The summed E-state index contributed by atoms with van der Waals surface area (Å²) in [6, 6.07) is 11.5. The lowest BCUT2D eigenvalue weighted by Gasteiger charge is -2.17. The van der Waals surface area contributed by atoms with E-state index in [-0.39, 0.29) is 18.3 Å². The van der Waals surface area contributed by atoms with Crippen molar-refractivity contribution in [3.8, 4) is 17.2 Å². The zero-order valence-corrected chi connectivity index (χ0v) is 13.2. The van der Waals surface area contributed by atoms with Crippen molar-refractivity contribution in [1.29, 1.82) is 0 Å². The van der Waals surface area contributed by atoms with Gasteiger partial charge in [-0.1, -0.05) is 6.07 Å². The highest BCUT2D eigenvalue weighted by Crippen LogP contribution is 2.36. The molecule has 0 saturated carbocycles. The number of carbonyl (C=O) groups is 2. The molecule has 7 heteroatoms. The predicted octanol–water partition coefficient (Wildman–Crippen LogP) is 2.30. The van der Waals surface area contributed by atoms with E-state index >= 15 is 0 Å². The number of aromatic carboxylic acids is 1. The smallest absolute Gasteiger partial charge is 0.335 e. The summed E-state index contributed by atoms with van der Waals surface area (Å²) >= 11 is 0. The molecule has 0 spiro atoms. The van der Waals surface area contributed by atoms with Gasteiger partial charge in [0.2, 0.25) is 6.79 Å². The van der Waals surface area contributed by atoms with Crippen molar-refractivity contribution in [1.82, 2.24) is 0 Å². The van der Waals surface area contributed by atoms with Crippen LogP contribution in [0.4, 0.5) is 5.69 Å². The first-order chi connectivity index (χ1) is 12.1. The van der Waals surface area contributed by atoms with Gasteiger partial charge in [-0.15, -0.1) is 0 Å². The van der Waals surface area contributed by atoms with E-state index in [1.54, 1.807) is 35.2 Å². The molecule has 1 N–H and O–H groups in total. The molecule has 2 aliphatic rings. The quantitative estimate of drug-likeness (QED) is 0.918. The average molecular weight is 341 g/mol. The number of fused-ring (bicyclic) bond motifs is 1. The first-order valence-corrected chi connectivity index (χ1v) is 7.83. The normalized spacial score (nSPS) is 18.5. The summed E-state index contributed by atoms with van der Waals surface area (Å²) in [4.78, 5) is 25.3. The summed E-state index contributed by atoms with van der Waals surface area (Å²) in [5.74, 6) is 0.553. The zero-order chi connectivity index (χ0) is 17.4. The molecule has 1 fully saturated rings. The van der Waals surface area contributed by atoms with Crippen LogP contribution in [0.3, 0.4) is 0 Å². The van der Waals surface area contributed by atoms with Gasteiger partial charge in [0.25, 0.3) is 5.91 Å². The zero-order valence-electron chi connectivity index (χ0n) is 13.2. The number of nitrogens with zero attached hydrogens (tertiary/aromatic N) is 1. The Morgan fingerprint density at radius 1 is 1.16 bits per heavy atom. The number of benzene rings is 2. The van der Waals surface area contributed by atoms with Crippen LogP contribution in [0.15, 0.2) is 42.5 Å². The molecule has 2 aromatic carbocycles. The second kappa shape index (κ2) is 6.01. The fourth-order valence-electron chi connectivity index (χ4n) is 2.94. The Balaban J connectivity index is 1.50. The molecule has 2 heterocycles. The molecule has 128 valence electrons. The number of carboxylic acid groups (broad SMARTS) is 1. The van der Waals surface area contributed by atoms with Crippen LogP contribution in [0.2, 0.25) is 0 Å². The van der Waals surface area contributed by atoms with Crippen LogP contribution < -0.4 is 19.1 Å². The number of ether oxygens (including phenoxy) is 3. The molecular weight excluding hydrogens is 326 g/mol. The van der Waals surface area contributed by atoms with E-state index in [0.717, 1.165) is 0 Å². The van der Waals surface area contributed by atoms with Crippen molar-refractivity contribution in [2.75, 3.05) is 18.2 Å². The first kappa shape index (κ1) is 15.3. The molecule has 1 saturated heterocycles. The van der Waals surface area contributed by atoms with E-state index in [1.807, 2.05) is 0 Å². The summed E-state index contributed by atoms with van der Waals surface area (Å²) in [6.45, 7) is 0.645. The minimum Gasteiger partial charge on any atom is -0.480 e. The van der Waals surface area contributed by atoms with Crippen molar-refractivity contribution in [3.05, 3.63) is 48.0 Å². The molecule has 0 aromatic heterocycles. The van der Waals surface area contributed by atoms with Gasteiger partial charge in [-0.25, -0.2) is 4.79 Å². The Morgan fingerprint density at radius 3 is 2.84 bits per heavy atom. The second-order valence-electron chi connectivity index (χ2n) is 5.76. The van der Waals surface area contributed by atoms with Gasteiger partial charge < -0.3 is 24.2 Å². The van der Waals surface area contributed by atoms with E-state index in [9.17, 15) is 9.59 Å². The number of hydrogen-bond acceptors (Lipinski definition) is 5. The van der Waals surface area contributed by atoms with Gasteiger partial charge >= 0.3 is 5.97 Å². The molecule has 1 atom stereocenters. The molecule has 2 aliphatic heterocycles. The van der Waals surface area contributed by atoms with Crippen LogP contribution in [0.25, 0.3) is 0 Å². The molecule has 4 rings (SSSR count). The van der Waals surface area contributed by atoms with Crippen LogP contribution in [-0.2, 0) is 4.79 Å². The van der Waals surface area contributed by atoms with Gasteiger partial charge in [0.05, 0.1) is 5.56 Å². The summed E-state index contributed by atoms with van der Waals surface area (Å²) in [6.07, 6.45) is -0.0984. The molecule has 1 amide bonds. The van der Waals surface area contributed by atoms with Gasteiger partial charge in [0.15, 0.2) is 17.6 Å². The minimum atomic E-state index is -1.03. The van der Waals surface area contributed by atoms with Gasteiger partial charge in [0.1, 0.15) is 5.75 Å². The lowest BCUT2D eigenvalue weighted by atomic mass is 10.2. The van der Waals surface area contributed by atoms with E-state index in [0.29, 0.717) is 35.9 Å². The minimum absolute atomic E-state index is 0.144. The second-order valence-corrected chi connectivity index (χ2v) is 5.76. The predicted molar refractivity (Wildman–Crippen MR) is 87.4 cm³/mol. The maximum atomic E-state index is 12.6. The maximum absolute atomic E-state index is 12.6. The molecule has 0 radical (unpaired) electrons. The Kier molecular flexibility index (Phi) is 3.68. The van der Waals surface area contributed by atoms with Gasteiger partial charge in [0, 0.05) is 24.7 Å². The Labute approximate surface area is 143 Å². The number of amides is 1. The summed E-state index contributed by atoms with van der Waals surface area (Å²) in [5.41, 5.74) is 0.701. The number of carbonyl (C=O) groups excluding carboxylic acids is 1. The van der Waals surface area contributed by atoms with Crippen LogP contribution in [-0.4, -0.2) is 36.4 Å². The van der Waals surface area contributed by atoms with E-state index in [1.165, 1.54) is 12.1 Å². The van der Waals surface area contributed by atoms with Gasteiger partial charge in [-0.3, -0.25) is 4.79 Å². The molecule has 7 nitrogen and oxygen atoms in total. The monoisotopic (exact) mass is 341 g/mol. The van der Waals surface area contributed by atoms with Crippen LogP contribution in [0.1, 0.15) is 16.8 Å². The Hall–Kier alpha value is -3.22. The standard InChI is InChI=1S/C18H15NO6/c20-17-15(25-13-4-5-14-16(9-13)24-10-23-14)6-7-19(17)12-3-1-2-11(8-12)18(21)22/h1-5,8-9,15H,6-7,10H2,(H,21,22). The fraction of sp³-hybridized carbons (Fsp3) is 0.222. The third-order valence-corrected chi connectivity index (χ3v) is 4.18. The third-order valence-electron chi connectivity index (χ3n) is 4.18. The molecule has 0 aliphatic carbocycles. The maximum Gasteiger partial charge on any atom is 0.335 e. The van der Waals surface area contributed by atoms with E-state index in [4.69, 9.17) is 19.3 Å². The molecule has 2 aromatic rings. The Morgan fingerprint density at radius 2 is 2.00 bits per heavy atom. The number of anilines is 1. The van der Waals surface area contributed by atoms with E-state index in [2.05, 4.69) is 0 Å². The van der Waals surface area contributed by atoms with Gasteiger partial charge in [-0.2, -0.15) is 0 Å². The number of hydrogen-bond donors (Lipinski definition) is 1. The summed E-state index contributed by atoms with van der Waals surface area (Å²) in [5, 5.41) is 9.09. The average Bonchev–Trinajstić information content (AvgIpc) is 3.22. The molecule has 25 heavy (non-hydrogen) atoms. The fourth-order valence-corrected chi connectivity index (χ4v) is 2.94. The van der Waals surface area contributed by atoms with E-state index < -0.39 is 12.1 Å². The number of carboxylic acids is 1.